The maximum Gasteiger partial charge on any atom is 0.295 e. The molecule has 2 aromatic rings. The molecule has 126 valence electrons. The van der Waals surface area contributed by atoms with E-state index in [0.717, 1.165) is 21.5 Å². The molecular formula is C16H12N4O5. The Balaban J connectivity index is 2.29. The minimum atomic E-state index is -0.571. The molecule has 4 rings (SSSR count). The molecule has 0 unspecified atom stereocenters. The molecule has 2 aromatic carbocycles. The van der Waals surface area contributed by atoms with Crippen LogP contribution in [0.4, 0.5) is 17.1 Å². The highest BCUT2D eigenvalue weighted by molar-refractivity contribution is 6.24. The van der Waals surface area contributed by atoms with Crippen molar-refractivity contribution < 1.29 is 14.6 Å². The maximum absolute atomic E-state index is 12.0. The van der Waals surface area contributed by atoms with Crippen molar-refractivity contribution in [2.45, 2.75) is 26.7 Å². The Hall–Kier alpha value is -3.36. The van der Waals surface area contributed by atoms with E-state index in [9.17, 15) is 25.0 Å². The van der Waals surface area contributed by atoms with Crippen LogP contribution in [0, 0.1) is 20.2 Å². The summed E-state index contributed by atoms with van der Waals surface area (Å²) in [5, 5.41) is 29.4. The van der Waals surface area contributed by atoms with E-state index in [0.29, 0.717) is 23.9 Å². The van der Waals surface area contributed by atoms with E-state index < -0.39 is 15.8 Å². The Morgan fingerprint density at radius 1 is 1.08 bits per heavy atom. The van der Waals surface area contributed by atoms with Gasteiger partial charge in [-0.2, -0.15) is 10.1 Å². The quantitative estimate of drug-likeness (QED) is 0.615. The van der Waals surface area contributed by atoms with Gasteiger partial charge in [-0.05, 0) is 36.3 Å². The second-order valence-corrected chi connectivity index (χ2v) is 6.11. The SMILES string of the molecule is CC(=O)N1N=C(C)c2c([N+](=O)[O-])cc3c4c(cc([N+](=O)[O-])c1c24)CC3. The van der Waals surface area contributed by atoms with Crippen LogP contribution in [0.5, 0.6) is 0 Å². The molecule has 1 aliphatic carbocycles. The number of benzene rings is 2. The molecule has 0 saturated heterocycles. The predicted octanol–water partition coefficient (Wildman–Crippen LogP) is 2.85. The largest absolute Gasteiger partial charge is 0.295 e. The van der Waals surface area contributed by atoms with E-state index in [-0.39, 0.29) is 22.6 Å². The molecule has 1 amide bonds. The normalized spacial score (nSPS) is 14.6. The smallest absolute Gasteiger partial charge is 0.273 e. The number of carbonyl (C=O) groups excluding carboxylic acids is 1. The van der Waals surface area contributed by atoms with E-state index in [1.807, 2.05) is 0 Å². The van der Waals surface area contributed by atoms with Crippen molar-refractivity contribution >= 4 is 39.5 Å². The topological polar surface area (TPSA) is 119 Å². The summed E-state index contributed by atoms with van der Waals surface area (Å²) in [6.45, 7) is 2.82. The lowest BCUT2D eigenvalue weighted by Gasteiger charge is -2.25. The van der Waals surface area contributed by atoms with Gasteiger partial charge in [-0.1, -0.05) is 0 Å². The first kappa shape index (κ1) is 15.2. The Kier molecular flexibility index (Phi) is 2.93. The Labute approximate surface area is 140 Å². The Morgan fingerprint density at radius 2 is 1.64 bits per heavy atom. The number of nitro benzene ring substituents is 2. The number of aryl methyl sites for hydroxylation is 2. The van der Waals surface area contributed by atoms with Crippen molar-refractivity contribution in [1.82, 2.24) is 0 Å². The molecule has 9 nitrogen and oxygen atoms in total. The minimum absolute atomic E-state index is 0.0173. The summed E-state index contributed by atoms with van der Waals surface area (Å²) in [6, 6.07) is 2.97. The molecule has 0 atom stereocenters. The van der Waals surface area contributed by atoms with Gasteiger partial charge in [0.1, 0.15) is 0 Å². The lowest BCUT2D eigenvalue weighted by molar-refractivity contribution is -0.385. The van der Waals surface area contributed by atoms with Crippen molar-refractivity contribution in [3.05, 3.63) is 49.1 Å². The predicted molar refractivity (Wildman–Crippen MR) is 90.0 cm³/mol. The standard InChI is InChI=1S/C16H12N4O5/c1-7-13-11(19(22)23)5-9-3-4-10-6-12(20(24)25)16(15(13)14(9)10)18(17-7)8(2)21/h5-6H,3-4H2,1-2H3. The zero-order valence-corrected chi connectivity index (χ0v) is 13.4. The van der Waals surface area contributed by atoms with Crippen molar-refractivity contribution in [3.8, 4) is 0 Å². The number of nitro groups is 2. The van der Waals surface area contributed by atoms with Crippen molar-refractivity contribution in [2.24, 2.45) is 5.10 Å². The third-order valence-electron chi connectivity index (χ3n) is 4.68. The molecule has 0 N–H and O–H groups in total. The molecule has 2 aliphatic rings. The molecule has 0 saturated carbocycles. The highest BCUT2D eigenvalue weighted by atomic mass is 16.6. The van der Waals surface area contributed by atoms with Gasteiger partial charge in [0.2, 0.25) is 5.91 Å². The van der Waals surface area contributed by atoms with Crippen LogP contribution in [-0.4, -0.2) is 21.5 Å². The van der Waals surface area contributed by atoms with Crippen LogP contribution in [-0.2, 0) is 17.6 Å². The summed E-state index contributed by atoms with van der Waals surface area (Å²) in [7, 11) is 0. The number of anilines is 1. The molecular weight excluding hydrogens is 328 g/mol. The molecule has 25 heavy (non-hydrogen) atoms. The van der Waals surface area contributed by atoms with Gasteiger partial charge in [-0.25, -0.2) is 0 Å². The highest BCUT2D eigenvalue weighted by Crippen LogP contribution is 2.49. The monoisotopic (exact) mass is 340 g/mol. The van der Waals surface area contributed by atoms with Gasteiger partial charge in [-0.3, -0.25) is 25.0 Å². The van der Waals surface area contributed by atoms with Gasteiger partial charge in [0.25, 0.3) is 11.4 Å². The lowest BCUT2D eigenvalue weighted by Crippen LogP contribution is -2.28. The fourth-order valence-corrected chi connectivity index (χ4v) is 3.77. The molecule has 0 fully saturated rings. The summed E-state index contributed by atoms with van der Waals surface area (Å²) in [5.41, 5.74) is 1.71. The summed E-state index contributed by atoms with van der Waals surface area (Å²) >= 11 is 0. The van der Waals surface area contributed by atoms with Gasteiger partial charge in [0, 0.05) is 24.4 Å². The van der Waals surface area contributed by atoms with E-state index in [4.69, 9.17) is 0 Å². The number of carbonyl (C=O) groups is 1. The maximum atomic E-state index is 12.0. The van der Waals surface area contributed by atoms with Crippen LogP contribution in [0.2, 0.25) is 0 Å². The number of amides is 1. The fourth-order valence-electron chi connectivity index (χ4n) is 3.77. The third kappa shape index (κ3) is 1.89. The van der Waals surface area contributed by atoms with E-state index in [2.05, 4.69) is 5.10 Å². The lowest BCUT2D eigenvalue weighted by atomic mass is 9.92. The van der Waals surface area contributed by atoms with Gasteiger partial charge in [0.15, 0.2) is 5.69 Å². The molecule has 0 radical (unpaired) electrons. The number of hydrogen-bond acceptors (Lipinski definition) is 6. The number of hydrazone groups is 1. The molecule has 0 aromatic heterocycles. The van der Waals surface area contributed by atoms with Crippen LogP contribution in [0.3, 0.4) is 0 Å². The molecule has 1 aliphatic heterocycles. The van der Waals surface area contributed by atoms with Crippen LogP contribution < -0.4 is 5.01 Å². The van der Waals surface area contributed by atoms with E-state index in [1.165, 1.54) is 19.1 Å². The molecule has 0 spiro atoms. The summed E-state index contributed by atoms with van der Waals surface area (Å²) < 4.78 is 0. The second-order valence-electron chi connectivity index (χ2n) is 6.11. The average molecular weight is 340 g/mol. The van der Waals surface area contributed by atoms with Gasteiger partial charge < -0.3 is 0 Å². The molecule has 0 bridgehead atoms. The third-order valence-corrected chi connectivity index (χ3v) is 4.68. The summed E-state index contributed by atoms with van der Waals surface area (Å²) in [4.78, 5) is 34.1. The molecule has 9 heteroatoms. The zero-order valence-electron chi connectivity index (χ0n) is 13.4. The van der Waals surface area contributed by atoms with Gasteiger partial charge in [-0.15, -0.1) is 0 Å². The van der Waals surface area contributed by atoms with Crippen LogP contribution in [0.15, 0.2) is 17.2 Å². The average Bonchev–Trinajstić information content (AvgIpc) is 2.96. The van der Waals surface area contributed by atoms with Crippen LogP contribution in [0.25, 0.3) is 10.8 Å². The number of rotatable bonds is 2. The van der Waals surface area contributed by atoms with Gasteiger partial charge >= 0.3 is 0 Å². The first-order valence-corrected chi connectivity index (χ1v) is 7.61. The van der Waals surface area contributed by atoms with Crippen LogP contribution in [0.1, 0.15) is 30.5 Å². The Bertz CT molecular complexity index is 1050. The van der Waals surface area contributed by atoms with E-state index >= 15 is 0 Å². The number of hydrogen-bond donors (Lipinski definition) is 0. The second kappa shape index (κ2) is 4.82. The zero-order chi connectivity index (χ0) is 18.0. The van der Waals surface area contributed by atoms with Crippen molar-refractivity contribution in [3.63, 3.8) is 0 Å². The van der Waals surface area contributed by atoms with Gasteiger partial charge in [0.05, 0.1) is 21.1 Å². The number of nitrogens with zero attached hydrogens (tertiary/aromatic N) is 4. The highest BCUT2D eigenvalue weighted by Gasteiger charge is 2.38. The first-order chi connectivity index (χ1) is 11.8. The van der Waals surface area contributed by atoms with E-state index in [1.54, 1.807) is 6.92 Å². The summed E-state index contributed by atoms with van der Waals surface area (Å²) in [6.07, 6.45) is 1.15. The van der Waals surface area contributed by atoms with Crippen molar-refractivity contribution in [1.29, 1.82) is 0 Å². The summed E-state index contributed by atoms with van der Waals surface area (Å²) in [5.74, 6) is -0.491. The van der Waals surface area contributed by atoms with Crippen LogP contribution >= 0.6 is 0 Å². The minimum Gasteiger partial charge on any atom is -0.273 e. The molecule has 1 heterocycles. The van der Waals surface area contributed by atoms with Crippen molar-refractivity contribution in [2.75, 3.05) is 5.01 Å². The first-order valence-electron chi connectivity index (χ1n) is 7.61. The Morgan fingerprint density at radius 3 is 2.16 bits per heavy atom. The fraction of sp³-hybridized carbons (Fsp3) is 0.250.